The first-order valence-electron chi connectivity index (χ1n) is 10.5. The van der Waals surface area contributed by atoms with E-state index < -0.39 is 66.1 Å². The van der Waals surface area contributed by atoms with Gasteiger partial charge in [0.2, 0.25) is 29.5 Å². The molecule has 1 aromatic carbocycles. The monoisotopic (exact) mass is 494 g/mol. The minimum absolute atomic E-state index is 0.0296. The van der Waals surface area contributed by atoms with Gasteiger partial charge in [0.15, 0.2) is 0 Å². The number of aromatic hydroxyl groups is 1. The van der Waals surface area contributed by atoms with Crippen molar-refractivity contribution in [1.29, 1.82) is 0 Å². The summed E-state index contributed by atoms with van der Waals surface area (Å²) < 4.78 is 0. The molecule has 0 saturated carbocycles. The number of carbonyl (C=O) groups is 6. The standard InChI is InChI=1S/C21H30N6O8/c1-10(21(34)35)25-19(32)15(9-17(24)30)27-20(33)14(8-11-2-4-12(28)5-3-11)26-18(31)13(22)6-7-16(23)29/h2-5,10,13-15,28H,6-9,22H2,1H3,(H2,23,29)(H2,24,30)(H,25,32)(H,26,31)(H,27,33)(H,34,35). The fourth-order valence-corrected chi connectivity index (χ4v) is 2.84. The van der Waals surface area contributed by atoms with E-state index in [1.54, 1.807) is 0 Å². The molecule has 5 amide bonds. The molecule has 0 fully saturated rings. The Labute approximate surface area is 200 Å². The molecule has 0 aromatic heterocycles. The number of carboxylic acids is 1. The van der Waals surface area contributed by atoms with E-state index in [2.05, 4.69) is 16.0 Å². The zero-order chi connectivity index (χ0) is 26.7. The van der Waals surface area contributed by atoms with E-state index in [-0.39, 0.29) is 25.0 Å². The average molecular weight is 495 g/mol. The Balaban J connectivity index is 3.09. The largest absolute Gasteiger partial charge is 0.508 e. The molecule has 14 nitrogen and oxygen atoms in total. The number of phenols is 1. The van der Waals surface area contributed by atoms with Crippen molar-refractivity contribution < 1.29 is 39.0 Å². The smallest absolute Gasteiger partial charge is 0.325 e. The van der Waals surface area contributed by atoms with E-state index >= 15 is 0 Å². The third-order valence-corrected chi connectivity index (χ3v) is 4.82. The lowest BCUT2D eigenvalue weighted by atomic mass is 10.0. The molecule has 0 aliphatic heterocycles. The van der Waals surface area contributed by atoms with Crippen LogP contribution in [-0.4, -0.2) is 69.9 Å². The maximum Gasteiger partial charge on any atom is 0.325 e. The Bertz CT molecular complexity index is 952. The van der Waals surface area contributed by atoms with E-state index in [4.69, 9.17) is 22.3 Å². The number of phenolic OH excluding ortho intramolecular Hbond substituents is 1. The van der Waals surface area contributed by atoms with Gasteiger partial charge >= 0.3 is 5.97 Å². The zero-order valence-electron chi connectivity index (χ0n) is 19.0. The molecule has 0 aliphatic carbocycles. The number of amides is 5. The van der Waals surface area contributed by atoms with E-state index in [1.165, 1.54) is 31.2 Å². The summed E-state index contributed by atoms with van der Waals surface area (Å²) in [5.74, 6) is -5.62. The van der Waals surface area contributed by atoms with Gasteiger partial charge < -0.3 is 43.4 Å². The highest BCUT2D eigenvalue weighted by atomic mass is 16.4. The number of aliphatic carboxylic acids is 1. The summed E-state index contributed by atoms with van der Waals surface area (Å²) in [6, 6.07) is 0.414. The Morgan fingerprint density at radius 2 is 1.40 bits per heavy atom. The first-order valence-corrected chi connectivity index (χ1v) is 10.5. The molecule has 0 heterocycles. The van der Waals surface area contributed by atoms with E-state index in [0.29, 0.717) is 5.56 Å². The van der Waals surface area contributed by atoms with E-state index in [1.807, 2.05) is 0 Å². The molecule has 35 heavy (non-hydrogen) atoms. The van der Waals surface area contributed by atoms with Crippen molar-refractivity contribution in [1.82, 2.24) is 16.0 Å². The van der Waals surface area contributed by atoms with Crippen molar-refractivity contribution in [2.24, 2.45) is 17.2 Å². The van der Waals surface area contributed by atoms with Gasteiger partial charge in [0.05, 0.1) is 12.5 Å². The molecule has 0 saturated heterocycles. The van der Waals surface area contributed by atoms with Gasteiger partial charge in [-0.1, -0.05) is 12.1 Å². The molecule has 14 heteroatoms. The second-order valence-corrected chi connectivity index (χ2v) is 7.84. The van der Waals surface area contributed by atoms with Crippen molar-refractivity contribution in [2.45, 2.75) is 56.8 Å². The zero-order valence-corrected chi connectivity index (χ0v) is 19.0. The molecule has 0 spiro atoms. The molecule has 0 radical (unpaired) electrons. The van der Waals surface area contributed by atoms with Gasteiger partial charge in [0, 0.05) is 12.8 Å². The van der Waals surface area contributed by atoms with Crippen molar-refractivity contribution in [3.05, 3.63) is 29.8 Å². The summed E-state index contributed by atoms with van der Waals surface area (Å²) in [6.07, 6.45) is -0.973. The van der Waals surface area contributed by atoms with Crippen LogP contribution in [0, 0.1) is 0 Å². The summed E-state index contributed by atoms with van der Waals surface area (Å²) in [7, 11) is 0. The maximum absolute atomic E-state index is 13.0. The Morgan fingerprint density at radius 3 is 1.91 bits per heavy atom. The summed E-state index contributed by atoms with van der Waals surface area (Å²) >= 11 is 0. The number of primary amides is 2. The number of carboxylic acid groups (broad SMARTS) is 1. The van der Waals surface area contributed by atoms with Crippen LogP contribution in [0.25, 0.3) is 0 Å². The van der Waals surface area contributed by atoms with Gasteiger partial charge in [0.25, 0.3) is 0 Å². The van der Waals surface area contributed by atoms with Crippen LogP contribution in [0.1, 0.15) is 31.7 Å². The van der Waals surface area contributed by atoms with Gasteiger partial charge in [-0.25, -0.2) is 0 Å². The number of hydrogen-bond acceptors (Lipinski definition) is 8. The van der Waals surface area contributed by atoms with Gasteiger partial charge in [-0.3, -0.25) is 28.8 Å². The molecule has 1 rings (SSSR count). The van der Waals surface area contributed by atoms with Crippen molar-refractivity contribution in [2.75, 3.05) is 0 Å². The van der Waals surface area contributed by atoms with Crippen LogP contribution in [0.2, 0.25) is 0 Å². The molecule has 4 atom stereocenters. The fourth-order valence-electron chi connectivity index (χ4n) is 2.84. The minimum atomic E-state index is -1.52. The van der Waals surface area contributed by atoms with Crippen molar-refractivity contribution in [3.63, 3.8) is 0 Å². The third kappa shape index (κ3) is 10.5. The number of hydrogen-bond donors (Lipinski definition) is 8. The highest BCUT2D eigenvalue weighted by Crippen LogP contribution is 2.12. The molecule has 11 N–H and O–H groups in total. The lowest BCUT2D eigenvalue weighted by molar-refractivity contribution is -0.142. The Hall–Kier alpha value is -4.20. The highest BCUT2D eigenvalue weighted by molar-refractivity contribution is 5.96. The van der Waals surface area contributed by atoms with Gasteiger partial charge in [-0.15, -0.1) is 0 Å². The predicted octanol–water partition coefficient (Wildman–Crippen LogP) is -3.04. The summed E-state index contributed by atoms with van der Waals surface area (Å²) in [4.78, 5) is 71.4. The Kier molecular flexibility index (Phi) is 11.1. The van der Waals surface area contributed by atoms with E-state index in [0.717, 1.165) is 0 Å². The van der Waals surface area contributed by atoms with Gasteiger partial charge in [0.1, 0.15) is 23.9 Å². The summed E-state index contributed by atoms with van der Waals surface area (Å²) in [5, 5.41) is 25.3. The van der Waals surface area contributed by atoms with Crippen molar-refractivity contribution in [3.8, 4) is 5.75 Å². The summed E-state index contributed by atoms with van der Waals surface area (Å²) in [5.41, 5.74) is 16.5. The normalized spacial score (nSPS) is 14.0. The number of carbonyl (C=O) groups excluding carboxylic acids is 5. The average Bonchev–Trinajstić information content (AvgIpc) is 2.77. The first kappa shape index (κ1) is 28.8. The van der Waals surface area contributed by atoms with Crippen LogP contribution in [0.5, 0.6) is 5.75 Å². The fraction of sp³-hybridized carbons (Fsp3) is 0.429. The number of rotatable bonds is 14. The molecule has 1 aromatic rings. The minimum Gasteiger partial charge on any atom is -0.508 e. The molecule has 4 unspecified atom stereocenters. The van der Waals surface area contributed by atoms with Crippen LogP contribution >= 0.6 is 0 Å². The molecule has 0 aliphatic rings. The van der Waals surface area contributed by atoms with Crippen LogP contribution in [0.4, 0.5) is 0 Å². The van der Waals surface area contributed by atoms with Crippen LogP contribution in [-0.2, 0) is 35.2 Å². The Morgan fingerprint density at radius 1 is 0.857 bits per heavy atom. The highest BCUT2D eigenvalue weighted by Gasteiger charge is 2.30. The van der Waals surface area contributed by atoms with Gasteiger partial charge in [-0.2, -0.15) is 0 Å². The second-order valence-electron chi connectivity index (χ2n) is 7.84. The number of benzene rings is 1. The van der Waals surface area contributed by atoms with Gasteiger partial charge in [-0.05, 0) is 31.0 Å². The topological polar surface area (TPSA) is 257 Å². The molecular formula is C21H30N6O8. The lowest BCUT2D eigenvalue weighted by Crippen LogP contribution is -2.58. The molecular weight excluding hydrogens is 464 g/mol. The van der Waals surface area contributed by atoms with Crippen molar-refractivity contribution >= 4 is 35.5 Å². The van der Waals surface area contributed by atoms with Crippen LogP contribution in [0.15, 0.2) is 24.3 Å². The van der Waals surface area contributed by atoms with Crippen LogP contribution in [0.3, 0.4) is 0 Å². The third-order valence-electron chi connectivity index (χ3n) is 4.82. The number of nitrogens with two attached hydrogens (primary N) is 3. The summed E-state index contributed by atoms with van der Waals surface area (Å²) in [6.45, 7) is 1.19. The molecule has 192 valence electrons. The first-order chi connectivity index (χ1) is 16.3. The molecule has 0 bridgehead atoms. The predicted molar refractivity (Wildman–Crippen MR) is 121 cm³/mol. The quantitative estimate of drug-likeness (QED) is 0.130. The maximum atomic E-state index is 13.0. The number of nitrogens with one attached hydrogen (secondary N) is 3. The SMILES string of the molecule is CC(NC(=O)C(CC(N)=O)NC(=O)C(Cc1ccc(O)cc1)NC(=O)C(N)CCC(N)=O)C(=O)O. The second kappa shape index (κ2) is 13.5. The van der Waals surface area contributed by atoms with Crippen LogP contribution < -0.4 is 33.2 Å². The van der Waals surface area contributed by atoms with E-state index in [9.17, 15) is 33.9 Å². The lowest BCUT2D eigenvalue weighted by Gasteiger charge is -2.24.